The van der Waals surface area contributed by atoms with Crippen molar-refractivity contribution in [2.75, 3.05) is 0 Å². The molecule has 2 rings (SSSR count). The van der Waals surface area contributed by atoms with E-state index in [1.165, 1.54) is 11.6 Å². The summed E-state index contributed by atoms with van der Waals surface area (Å²) in [5.74, 6) is -0.140. The molecule has 0 bridgehead atoms. The lowest BCUT2D eigenvalue weighted by molar-refractivity contribution is 0.483. The average Bonchev–Trinajstić information content (AvgIpc) is 2.46. The third-order valence-electron chi connectivity index (χ3n) is 3.28. The predicted octanol–water partition coefficient (Wildman–Crippen LogP) is 4.88. The summed E-state index contributed by atoms with van der Waals surface area (Å²) >= 11 is 0. The molecule has 20 heavy (non-hydrogen) atoms. The maximum atomic E-state index is 13.6. The Bertz CT molecular complexity index is 501. The Hall–Kier alpha value is -1.38. The zero-order chi connectivity index (χ0) is 13.5. The van der Waals surface area contributed by atoms with Crippen molar-refractivity contribution in [3.05, 3.63) is 71.5 Å². The van der Waals surface area contributed by atoms with E-state index in [1.807, 2.05) is 30.3 Å². The highest BCUT2D eigenvalue weighted by Crippen LogP contribution is 2.19. The first-order chi connectivity index (χ1) is 9.31. The third kappa shape index (κ3) is 4.62. The topological polar surface area (TPSA) is 12.0 Å². The van der Waals surface area contributed by atoms with Gasteiger partial charge in [0, 0.05) is 18.2 Å². The second kappa shape index (κ2) is 8.72. The van der Waals surface area contributed by atoms with Crippen LogP contribution in [-0.2, 0) is 6.54 Å². The van der Waals surface area contributed by atoms with Crippen molar-refractivity contribution in [2.24, 2.45) is 0 Å². The summed E-state index contributed by atoms with van der Waals surface area (Å²) in [6, 6.07) is 17.6. The Morgan fingerprint density at radius 2 is 1.65 bits per heavy atom. The molecule has 1 unspecified atom stereocenters. The van der Waals surface area contributed by atoms with Crippen LogP contribution in [0.1, 0.15) is 36.9 Å². The molecule has 0 spiro atoms. The Balaban J connectivity index is 0.00000200. The van der Waals surface area contributed by atoms with E-state index in [9.17, 15) is 4.39 Å². The van der Waals surface area contributed by atoms with E-state index in [4.69, 9.17) is 0 Å². The number of benzene rings is 2. The van der Waals surface area contributed by atoms with Gasteiger partial charge in [-0.3, -0.25) is 0 Å². The number of hydrogen-bond acceptors (Lipinski definition) is 1. The van der Waals surface area contributed by atoms with Crippen LogP contribution < -0.4 is 5.32 Å². The highest BCUT2D eigenvalue weighted by atomic mass is 35.5. The van der Waals surface area contributed by atoms with Gasteiger partial charge in [0.1, 0.15) is 5.82 Å². The van der Waals surface area contributed by atoms with Crippen molar-refractivity contribution < 1.29 is 4.39 Å². The SMILES string of the molecule is CCCC(NCc1ccccc1F)c1ccccc1.Cl. The summed E-state index contributed by atoms with van der Waals surface area (Å²) in [6.45, 7) is 2.73. The van der Waals surface area contributed by atoms with Gasteiger partial charge in [-0.25, -0.2) is 4.39 Å². The average molecular weight is 294 g/mol. The lowest BCUT2D eigenvalue weighted by atomic mass is 10.0. The summed E-state index contributed by atoms with van der Waals surface area (Å²) in [7, 11) is 0. The normalized spacial score (nSPS) is 11.7. The summed E-state index contributed by atoms with van der Waals surface area (Å²) in [6.07, 6.45) is 2.16. The van der Waals surface area contributed by atoms with Crippen LogP contribution in [0.25, 0.3) is 0 Å². The maximum Gasteiger partial charge on any atom is 0.127 e. The van der Waals surface area contributed by atoms with Crippen molar-refractivity contribution in [1.29, 1.82) is 0 Å². The fourth-order valence-corrected chi connectivity index (χ4v) is 2.24. The van der Waals surface area contributed by atoms with Crippen molar-refractivity contribution in [3.63, 3.8) is 0 Å². The van der Waals surface area contributed by atoms with Gasteiger partial charge in [0.15, 0.2) is 0 Å². The van der Waals surface area contributed by atoms with Crippen molar-refractivity contribution in [3.8, 4) is 0 Å². The van der Waals surface area contributed by atoms with Crippen LogP contribution in [0, 0.1) is 5.82 Å². The first-order valence-corrected chi connectivity index (χ1v) is 6.83. The van der Waals surface area contributed by atoms with Crippen LogP contribution in [0.3, 0.4) is 0 Å². The summed E-state index contributed by atoms with van der Waals surface area (Å²) in [4.78, 5) is 0. The van der Waals surface area contributed by atoms with Gasteiger partial charge in [-0.15, -0.1) is 12.4 Å². The minimum absolute atomic E-state index is 0. The molecule has 0 aliphatic heterocycles. The Morgan fingerprint density at radius 1 is 1.00 bits per heavy atom. The van der Waals surface area contributed by atoms with Crippen LogP contribution in [-0.4, -0.2) is 0 Å². The van der Waals surface area contributed by atoms with Gasteiger partial charge in [0.25, 0.3) is 0 Å². The van der Waals surface area contributed by atoms with E-state index in [0.29, 0.717) is 6.54 Å². The Labute approximate surface area is 126 Å². The van der Waals surface area contributed by atoms with Crippen LogP contribution in [0.5, 0.6) is 0 Å². The highest BCUT2D eigenvalue weighted by molar-refractivity contribution is 5.85. The van der Waals surface area contributed by atoms with E-state index >= 15 is 0 Å². The lowest BCUT2D eigenvalue weighted by Gasteiger charge is -2.19. The Kier molecular flexibility index (Phi) is 7.27. The molecule has 0 amide bonds. The predicted molar refractivity (Wildman–Crippen MR) is 84.6 cm³/mol. The standard InChI is InChI=1S/C17H20FN.ClH/c1-2-8-17(14-9-4-3-5-10-14)19-13-15-11-6-7-12-16(15)18;/h3-7,9-12,17,19H,2,8,13H2,1H3;1H. The van der Waals surface area contributed by atoms with E-state index in [2.05, 4.69) is 24.4 Å². The summed E-state index contributed by atoms with van der Waals surface area (Å²) in [5, 5.41) is 3.45. The first-order valence-electron chi connectivity index (χ1n) is 6.83. The molecule has 2 aromatic carbocycles. The fourth-order valence-electron chi connectivity index (χ4n) is 2.24. The third-order valence-corrected chi connectivity index (χ3v) is 3.28. The number of hydrogen-bond donors (Lipinski definition) is 1. The molecule has 1 N–H and O–H groups in total. The summed E-state index contributed by atoms with van der Waals surface area (Å²) < 4.78 is 13.6. The molecule has 2 aromatic rings. The zero-order valence-electron chi connectivity index (χ0n) is 11.7. The molecular formula is C17H21ClFN. The summed E-state index contributed by atoms with van der Waals surface area (Å²) in [5.41, 5.74) is 1.99. The number of halogens is 2. The molecule has 0 saturated carbocycles. The minimum Gasteiger partial charge on any atom is -0.306 e. The van der Waals surface area contributed by atoms with Crippen LogP contribution in [0.15, 0.2) is 54.6 Å². The highest BCUT2D eigenvalue weighted by Gasteiger charge is 2.10. The molecule has 0 fully saturated rings. The second-order valence-corrected chi connectivity index (χ2v) is 4.72. The van der Waals surface area contributed by atoms with Gasteiger partial charge in [-0.2, -0.15) is 0 Å². The van der Waals surface area contributed by atoms with Crippen LogP contribution in [0.4, 0.5) is 4.39 Å². The Morgan fingerprint density at radius 3 is 2.30 bits per heavy atom. The second-order valence-electron chi connectivity index (χ2n) is 4.72. The molecule has 0 heterocycles. The monoisotopic (exact) mass is 293 g/mol. The van der Waals surface area contributed by atoms with Gasteiger partial charge in [0.05, 0.1) is 0 Å². The van der Waals surface area contributed by atoms with Crippen molar-refractivity contribution >= 4 is 12.4 Å². The van der Waals surface area contributed by atoms with E-state index < -0.39 is 0 Å². The minimum atomic E-state index is -0.140. The van der Waals surface area contributed by atoms with Crippen molar-refractivity contribution in [1.82, 2.24) is 5.32 Å². The first kappa shape index (κ1) is 16.7. The molecule has 0 saturated heterocycles. The smallest absolute Gasteiger partial charge is 0.127 e. The molecule has 0 aliphatic carbocycles. The van der Waals surface area contributed by atoms with E-state index in [1.54, 1.807) is 6.07 Å². The zero-order valence-corrected chi connectivity index (χ0v) is 12.5. The van der Waals surface area contributed by atoms with E-state index in [0.717, 1.165) is 18.4 Å². The molecule has 0 aliphatic rings. The van der Waals surface area contributed by atoms with E-state index in [-0.39, 0.29) is 24.3 Å². The number of rotatable bonds is 6. The molecule has 1 nitrogen and oxygen atoms in total. The molecule has 0 radical (unpaired) electrons. The molecule has 0 aromatic heterocycles. The maximum absolute atomic E-state index is 13.6. The molecule has 1 atom stereocenters. The molecule has 3 heteroatoms. The largest absolute Gasteiger partial charge is 0.306 e. The van der Waals surface area contributed by atoms with Crippen LogP contribution >= 0.6 is 12.4 Å². The number of nitrogens with one attached hydrogen (secondary N) is 1. The fraction of sp³-hybridized carbons (Fsp3) is 0.294. The van der Waals surface area contributed by atoms with Crippen LogP contribution in [0.2, 0.25) is 0 Å². The molecule has 108 valence electrons. The van der Waals surface area contributed by atoms with Gasteiger partial charge in [-0.05, 0) is 18.1 Å². The van der Waals surface area contributed by atoms with Gasteiger partial charge < -0.3 is 5.32 Å². The van der Waals surface area contributed by atoms with Gasteiger partial charge in [0.2, 0.25) is 0 Å². The molecular weight excluding hydrogens is 273 g/mol. The quantitative estimate of drug-likeness (QED) is 0.800. The van der Waals surface area contributed by atoms with Crippen molar-refractivity contribution in [2.45, 2.75) is 32.4 Å². The lowest BCUT2D eigenvalue weighted by Crippen LogP contribution is -2.21. The van der Waals surface area contributed by atoms with Gasteiger partial charge >= 0.3 is 0 Å². The van der Waals surface area contributed by atoms with Gasteiger partial charge in [-0.1, -0.05) is 61.9 Å².